The topological polar surface area (TPSA) is 149 Å². The molecule has 10 heteroatoms. The van der Waals surface area contributed by atoms with E-state index in [0.717, 1.165) is 16.6 Å². The first-order valence-electron chi connectivity index (χ1n) is 9.79. The summed E-state index contributed by atoms with van der Waals surface area (Å²) >= 11 is 0. The average Bonchev–Trinajstić information content (AvgIpc) is 3.12. The lowest BCUT2D eigenvalue weighted by Gasteiger charge is -2.19. The number of amidine groups is 1. The number of carboxylic acid groups (broad SMARTS) is 1. The Bertz CT molecular complexity index is 1270. The highest BCUT2D eigenvalue weighted by atomic mass is 16.4. The van der Waals surface area contributed by atoms with Crippen LogP contribution in [0.5, 0.6) is 0 Å². The summed E-state index contributed by atoms with van der Waals surface area (Å²) in [5, 5.41) is 16.3. The van der Waals surface area contributed by atoms with Crippen molar-refractivity contribution in [2.75, 3.05) is 0 Å². The van der Waals surface area contributed by atoms with E-state index in [4.69, 9.17) is 16.2 Å². The Hall–Kier alpha value is -3.69. The molecule has 3 heterocycles. The van der Waals surface area contributed by atoms with Gasteiger partial charge in [0.25, 0.3) is 5.56 Å². The third-order valence-corrected chi connectivity index (χ3v) is 5.35. The van der Waals surface area contributed by atoms with Crippen molar-refractivity contribution in [3.05, 3.63) is 50.7 Å². The van der Waals surface area contributed by atoms with Gasteiger partial charge in [-0.2, -0.15) is 0 Å². The molecule has 3 aromatic rings. The smallest absolute Gasteiger partial charge is 0.332 e. The van der Waals surface area contributed by atoms with Crippen LogP contribution in [0.4, 0.5) is 0 Å². The zero-order valence-corrected chi connectivity index (χ0v) is 16.3. The molecule has 0 atom stereocenters. The number of nitrogens with zero attached hydrogens (tertiary/aromatic N) is 4. The fourth-order valence-corrected chi connectivity index (χ4v) is 3.88. The number of hydrogen-bond donors (Lipinski definition) is 3. The number of hydrogen-bond acceptors (Lipinski definition) is 5. The van der Waals surface area contributed by atoms with Gasteiger partial charge in [0.2, 0.25) is 0 Å². The predicted octanol–water partition coefficient (Wildman–Crippen LogP) is 0.969. The summed E-state index contributed by atoms with van der Waals surface area (Å²) in [5.41, 5.74) is 6.79. The van der Waals surface area contributed by atoms with Crippen molar-refractivity contribution in [3.8, 4) is 11.4 Å². The minimum absolute atomic E-state index is 0.000217. The van der Waals surface area contributed by atoms with Gasteiger partial charge in [0, 0.05) is 37.2 Å². The van der Waals surface area contributed by atoms with Gasteiger partial charge in [-0.25, -0.2) is 9.78 Å². The molecule has 0 saturated heterocycles. The van der Waals surface area contributed by atoms with Gasteiger partial charge in [0.1, 0.15) is 11.7 Å². The van der Waals surface area contributed by atoms with Gasteiger partial charge in [-0.15, -0.1) is 0 Å². The molecule has 1 aliphatic heterocycles. The van der Waals surface area contributed by atoms with Crippen molar-refractivity contribution in [1.29, 1.82) is 5.41 Å². The highest BCUT2D eigenvalue weighted by Gasteiger charge is 2.24. The lowest BCUT2D eigenvalue weighted by atomic mass is 10.1. The normalized spacial score (nSPS) is 12.9. The van der Waals surface area contributed by atoms with Crippen LogP contribution < -0.4 is 17.0 Å². The van der Waals surface area contributed by atoms with E-state index in [1.807, 2.05) is 4.57 Å². The van der Waals surface area contributed by atoms with E-state index in [1.165, 1.54) is 0 Å². The van der Waals surface area contributed by atoms with E-state index < -0.39 is 11.5 Å². The van der Waals surface area contributed by atoms with Crippen LogP contribution in [-0.4, -0.2) is 35.6 Å². The number of nitrogens with one attached hydrogen (secondary N) is 1. The van der Waals surface area contributed by atoms with Crippen LogP contribution in [-0.2, 0) is 24.4 Å². The zero-order valence-electron chi connectivity index (χ0n) is 16.3. The molecular weight excluding hydrogens is 388 g/mol. The van der Waals surface area contributed by atoms with Gasteiger partial charge in [0.15, 0.2) is 11.2 Å². The minimum atomic E-state index is -0.899. The molecule has 2 aromatic heterocycles. The first-order chi connectivity index (χ1) is 14.4. The summed E-state index contributed by atoms with van der Waals surface area (Å²) in [5.74, 6) is -0.340. The van der Waals surface area contributed by atoms with Crippen molar-refractivity contribution in [2.24, 2.45) is 5.73 Å². The van der Waals surface area contributed by atoms with E-state index >= 15 is 0 Å². The monoisotopic (exact) mass is 410 g/mol. The summed E-state index contributed by atoms with van der Waals surface area (Å²) in [7, 11) is 0. The molecule has 4 N–H and O–H groups in total. The van der Waals surface area contributed by atoms with Gasteiger partial charge >= 0.3 is 11.7 Å². The molecule has 4 rings (SSSR count). The van der Waals surface area contributed by atoms with Crippen molar-refractivity contribution in [3.63, 3.8) is 0 Å². The number of benzene rings is 1. The molecule has 0 bridgehead atoms. The van der Waals surface area contributed by atoms with E-state index in [9.17, 15) is 14.4 Å². The summed E-state index contributed by atoms with van der Waals surface area (Å²) < 4.78 is 4.63. The number of nitrogen functional groups attached to an aromatic ring is 1. The Morgan fingerprint density at radius 3 is 2.50 bits per heavy atom. The molecule has 0 saturated carbocycles. The second-order valence-corrected chi connectivity index (χ2v) is 7.35. The van der Waals surface area contributed by atoms with Crippen molar-refractivity contribution in [2.45, 2.75) is 45.3 Å². The van der Waals surface area contributed by atoms with E-state index in [0.29, 0.717) is 43.0 Å². The Kier molecular flexibility index (Phi) is 4.98. The first kappa shape index (κ1) is 19.6. The second kappa shape index (κ2) is 7.62. The van der Waals surface area contributed by atoms with Crippen molar-refractivity contribution >= 4 is 23.0 Å². The molecule has 0 radical (unpaired) electrons. The molecular formula is C20H22N6O4. The number of nitrogens with two attached hydrogens (primary N) is 1. The van der Waals surface area contributed by atoms with E-state index in [1.54, 1.807) is 28.8 Å². The summed E-state index contributed by atoms with van der Waals surface area (Å²) in [6.45, 7) is 1.30. The third-order valence-electron chi connectivity index (χ3n) is 5.35. The van der Waals surface area contributed by atoms with Crippen LogP contribution in [0.3, 0.4) is 0 Å². The highest BCUT2D eigenvalue weighted by molar-refractivity contribution is 5.95. The molecule has 0 fully saturated rings. The van der Waals surface area contributed by atoms with Crippen LogP contribution in [0, 0.1) is 5.41 Å². The maximum absolute atomic E-state index is 13.0. The first-order valence-corrected chi connectivity index (χ1v) is 9.79. The number of unbranched alkanes of at least 4 members (excludes halogenated alkanes) is 1. The fourth-order valence-electron chi connectivity index (χ4n) is 3.88. The lowest BCUT2D eigenvalue weighted by molar-refractivity contribution is -0.137. The number of aryl methyl sites for hydroxylation is 2. The number of aromatic nitrogens is 4. The Morgan fingerprint density at radius 1 is 1.13 bits per heavy atom. The lowest BCUT2D eigenvalue weighted by Crippen LogP contribution is -2.41. The third kappa shape index (κ3) is 3.30. The molecule has 30 heavy (non-hydrogen) atoms. The Morgan fingerprint density at radius 2 is 1.83 bits per heavy atom. The van der Waals surface area contributed by atoms with Crippen LogP contribution in [0.1, 0.15) is 31.2 Å². The minimum Gasteiger partial charge on any atom is -0.481 e. The van der Waals surface area contributed by atoms with Crippen molar-refractivity contribution < 1.29 is 9.90 Å². The SMILES string of the molecule is N=C(N)c1ccc(-c2nc3c(=O)n(CCCCC(=O)O)c(=O)n4c3n2CCC4)cc1. The highest BCUT2D eigenvalue weighted by Crippen LogP contribution is 2.26. The maximum atomic E-state index is 13.0. The molecule has 0 unspecified atom stereocenters. The van der Waals surface area contributed by atoms with E-state index in [-0.39, 0.29) is 30.0 Å². The van der Waals surface area contributed by atoms with Crippen LogP contribution >= 0.6 is 0 Å². The summed E-state index contributed by atoms with van der Waals surface area (Å²) in [6, 6.07) is 7.04. The molecule has 156 valence electrons. The molecule has 0 spiro atoms. The van der Waals surface area contributed by atoms with E-state index in [2.05, 4.69) is 4.98 Å². The zero-order chi connectivity index (χ0) is 21.4. The number of rotatable bonds is 7. The molecule has 10 nitrogen and oxygen atoms in total. The summed E-state index contributed by atoms with van der Waals surface area (Å²) in [6.07, 6.45) is 1.54. The molecule has 0 amide bonds. The molecule has 1 aromatic carbocycles. The van der Waals surface area contributed by atoms with Crippen molar-refractivity contribution in [1.82, 2.24) is 18.7 Å². The Labute approximate surface area is 170 Å². The fraction of sp³-hybridized carbons (Fsp3) is 0.350. The average molecular weight is 410 g/mol. The number of aliphatic carboxylic acids is 1. The number of carbonyl (C=O) groups is 1. The number of carboxylic acids is 1. The molecule has 0 aliphatic carbocycles. The van der Waals surface area contributed by atoms with Crippen LogP contribution in [0.2, 0.25) is 0 Å². The van der Waals surface area contributed by atoms with Crippen LogP contribution in [0.25, 0.3) is 22.6 Å². The van der Waals surface area contributed by atoms with Gasteiger partial charge in [0.05, 0.1) is 0 Å². The standard InChI is InChI=1S/C20H22N6O4/c21-16(22)12-5-7-13(8-6-12)17-23-15-18-24(17)10-3-11-25(18)20(30)26(19(15)29)9-2-1-4-14(27)28/h5-8H,1-4,9-11H2,(H3,21,22)(H,27,28). The molecule has 1 aliphatic rings. The van der Waals surface area contributed by atoms with Gasteiger partial charge in [-0.05, 0) is 19.3 Å². The number of imidazole rings is 1. The predicted molar refractivity (Wildman–Crippen MR) is 111 cm³/mol. The maximum Gasteiger partial charge on any atom is 0.332 e. The summed E-state index contributed by atoms with van der Waals surface area (Å²) in [4.78, 5) is 41.2. The Balaban J connectivity index is 1.81. The van der Waals surface area contributed by atoms with Gasteiger partial charge < -0.3 is 15.4 Å². The van der Waals surface area contributed by atoms with Gasteiger partial charge in [-0.3, -0.25) is 24.1 Å². The van der Waals surface area contributed by atoms with Crippen LogP contribution in [0.15, 0.2) is 33.9 Å². The second-order valence-electron chi connectivity index (χ2n) is 7.35. The quantitative estimate of drug-likeness (QED) is 0.300. The largest absolute Gasteiger partial charge is 0.481 e. The van der Waals surface area contributed by atoms with Gasteiger partial charge in [-0.1, -0.05) is 24.3 Å².